The highest BCUT2D eigenvalue weighted by molar-refractivity contribution is 7.92. The van der Waals surface area contributed by atoms with Crippen molar-refractivity contribution in [2.45, 2.75) is 31.2 Å². The van der Waals surface area contributed by atoms with Crippen molar-refractivity contribution in [1.29, 1.82) is 0 Å². The van der Waals surface area contributed by atoms with Crippen molar-refractivity contribution < 1.29 is 27.1 Å². The number of ether oxygens (including phenoxy) is 2. The summed E-state index contributed by atoms with van der Waals surface area (Å²) in [5.41, 5.74) is 2.02. The molecule has 0 aliphatic heterocycles. The normalized spacial score (nSPS) is 12.1. The van der Waals surface area contributed by atoms with E-state index in [-0.39, 0.29) is 27.4 Å². The van der Waals surface area contributed by atoms with Crippen molar-refractivity contribution in [3.63, 3.8) is 0 Å². The Morgan fingerprint density at radius 3 is 2.28 bits per heavy atom. The minimum absolute atomic E-state index is 0.0368. The maximum Gasteiger partial charge on any atom is 0.264 e. The standard InChI is InChI=1S/C26H28ClFN2O5S/c1-5-23(18-8-6-17(2)7-9-18)29-26(31)16-30(19-10-12-22(28)21(27)14-19)36(32,33)20-11-13-24(34-3)25(15-20)35-4/h6-15,23H,5,16H2,1-4H3,(H,29,31). The van der Waals surface area contributed by atoms with E-state index in [1.165, 1.54) is 44.6 Å². The van der Waals surface area contributed by atoms with Crippen LogP contribution < -0.4 is 19.1 Å². The number of nitrogens with zero attached hydrogens (tertiary/aromatic N) is 1. The zero-order chi connectivity index (χ0) is 26.5. The van der Waals surface area contributed by atoms with E-state index in [1.54, 1.807) is 0 Å². The number of anilines is 1. The van der Waals surface area contributed by atoms with E-state index >= 15 is 0 Å². The third kappa shape index (κ3) is 6.09. The van der Waals surface area contributed by atoms with Gasteiger partial charge < -0.3 is 14.8 Å². The molecule has 0 aliphatic rings. The van der Waals surface area contributed by atoms with Gasteiger partial charge in [0, 0.05) is 6.07 Å². The van der Waals surface area contributed by atoms with Crippen LogP contribution in [0.5, 0.6) is 11.5 Å². The SMILES string of the molecule is CCC(NC(=O)CN(c1ccc(F)c(Cl)c1)S(=O)(=O)c1ccc(OC)c(OC)c1)c1ccc(C)cc1. The Bertz CT molecular complexity index is 1330. The molecule has 0 bridgehead atoms. The summed E-state index contributed by atoms with van der Waals surface area (Å²) in [5.74, 6) is -0.703. The molecule has 0 fully saturated rings. The van der Waals surface area contributed by atoms with Crippen LogP contribution in [0.2, 0.25) is 5.02 Å². The largest absolute Gasteiger partial charge is 0.493 e. The number of aryl methyl sites for hydroxylation is 1. The van der Waals surface area contributed by atoms with Gasteiger partial charge in [-0.3, -0.25) is 9.10 Å². The number of carbonyl (C=O) groups excluding carboxylic acids is 1. The van der Waals surface area contributed by atoms with Crippen LogP contribution in [0.25, 0.3) is 0 Å². The summed E-state index contributed by atoms with van der Waals surface area (Å²) in [6, 6.07) is 15.0. The van der Waals surface area contributed by atoms with Crippen molar-refractivity contribution in [1.82, 2.24) is 5.32 Å². The fraction of sp³-hybridized carbons (Fsp3) is 0.269. The molecule has 0 aliphatic carbocycles. The molecule has 0 aromatic heterocycles. The maximum atomic E-state index is 13.9. The van der Waals surface area contributed by atoms with Crippen LogP contribution in [0.1, 0.15) is 30.5 Å². The van der Waals surface area contributed by atoms with Crippen molar-refractivity contribution in [3.8, 4) is 11.5 Å². The van der Waals surface area contributed by atoms with Gasteiger partial charge >= 0.3 is 0 Å². The Morgan fingerprint density at radius 2 is 1.69 bits per heavy atom. The minimum Gasteiger partial charge on any atom is -0.493 e. The molecule has 36 heavy (non-hydrogen) atoms. The van der Waals surface area contributed by atoms with Crippen LogP contribution in [0.4, 0.5) is 10.1 Å². The first-order valence-corrected chi connectivity index (χ1v) is 13.0. The summed E-state index contributed by atoms with van der Waals surface area (Å²) in [4.78, 5) is 13.0. The highest BCUT2D eigenvalue weighted by Gasteiger charge is 2.29. The van der Waals surface area contributed by atoms with Gasteiger partial charge in [0.15, 0.2) is 11.5 Å². The number of amides is 1. The van der Waals surface area contributed by atoms with Crippen molar-refractivity contribution in [2.75, 3.05) is 25.1 Å². The Labute approximate surface area is 215 Å². The summed E-state index contributed by atoms with van der Waals surface area (Å²) in [6.45, 7) is 3.33. The first kappa shape index (κ1) is 27.3. The molecule has 7 nitrogen and oxygen atoms in total. The Kier molecular flexibility index (Phi) is 8.81. The summed E-state index contributed by atoms with van der Waals surface area (Å²) >= 11 is 5.94. The van der Waals surface area contributed by atoms with Gasteiger partial charge in [0.1, 0.15) is 12.4 Å². The number of sulfonamides is 1. The van der Waals surface area contributed by atoms with Crippen LogP contribution in [0, 0.1) is 12.7 Å². The zero-order valence-electron chi connectivity index (χ0n) is 20.4. The van der Waals surface area contributed by atoms with Gasteiger partial charge in [0.05, 0.1) is 35.9 Å². The molecular weight excluding hydrogens is 507 g/mol. The number of rotatable bonds is 10. The Hall–Kier alpha value is -3.30. The highest BCUT2D eigenvalue weighted by atomic mass is 35.5. The van der Waals surface area contributed by atoms with E-state index in [1.807, 2.05) is 38.1 Å². The monoisotopic (exact) mass is 534 g/mol. The lowest BCUT2D eigenvalue weighted by atomic mass is 10.0. The molecule has 10 heteroatoms. The van der Waals surface area contributed by atoms with Crippen LogP contribution in [0.15, 0.2) is 65.6 Å². The number of hydrogen-bond acceptors (Lipinski definition) is 5. The van der Waals surface area contributed by atoms with Gasteiger partial charge in [0.25, 0.3) is 10.0 Å². The topological polar surface area (TPSA) is 84.9 Å². The predicted molar refractivity (Wildman–Crippen MR) is 138 cm³/mol. The fourth-order valence-electron chi connectivity index (χ4n) is 3.65. The third-order valence-electron chi connectivity index (χ3n) is 5.64. The smallest absolute Gasteiger partial charge is 0.264 e. The zero-order valence-corrected chi connectivity index (χ0v) is 22.0. The quantitative estimate of drug-likeness (QED) is 0.383. The van der Waals surface area contributed by atoms with E-state index in [2.05, 4.69) is 5.32 Å². The summed E-state index contributed by atoms with van der Waals surface area (Å²) in [6.07, 6.45) is 0.597. The van der Waals surface area contributed by atoms with E-state index in [0.717, 1.165) is 21.5 Å². The minimum atomic E-state index is -4.29. The number of hydrogen-bond donors (Lipinski definition) is 1. The van der Waals surface area contributed by atoms with E-state index < -0.39 is 28.3 Å². The van der Waals surface area contributed by atoms with Crippen molar-refractivity contribution in [2.24, 2.45) is 0 Å². The molecule has 0 saturated heterocycles. The molecule has 0 spiro atoms. The van der Waals surface area contributed by atoms with Gasteiger partial charge in [0.2, 0.25) is 5.91 Å². The van der Waals surface area contributed by atoms with E-state index in [4.69, 9.17) is 21.1 Å². The molecular formula is C26H28ClFN2O5S. The number of nitrogens with one attached hydrogen (secondary N) is 1. The average Bonchev–Trinajstić information content (AvgIpc) is 2.87. The van der Waals surface area contributed by atoms with Crippen LogP contribution in [0.3, 0.4) is 0 Å². The van der Waals surface area contributed by atoms with Gasteiger partial charge in [-0.15, -0.1) is 0 Å². The molecule has 0 heterocycles. The summed E-state index contributed by atoms with van der Waals surface area (Å²) in [5, 5.41) is 2.62. The van der Waals surface area contributed by atoms with Gasteiger partial charge in [-0.2, -0.15) is 0 Å². The lowest BCUT2D eigenvalue weighted by molar-refractivity contribution is -0.120. The second-order valence-corrected chi connectivity index (χ2v) is 10.3. The molecule has 192 valence electrons. The lowest BCUT2D eigenvalue weighted by Crippen LogP contribution is -2.42. The molecule has 3 aromatic carbocycles. The lowest BCUT2D eigenvalue weighted by Gasteiger charge is -2.26. The second kappa shape index (κ2) is 11.6. The van der Waals surface area contributed by atoms with Crippen LogP contribution >= 0.6 is 11.6 Å². The first-order chi connectivity index (χ1) is 17.1. The molecule has 1 unspecified atom stereocenters. The van der Waals surface area contributed by atoms with Gasteiger partial charge in [-0.05, 0) is 49.2 Å². The van der Waals surface area contributed by atoms with E-state index in [0.29, 0.717) is 12.2 Å². The molecule has 1 amide bonds. The van der Waals surface area contributed by atoms with Crippen LogP contribution in [-0.2, 0) is 14.8 Å². The highest BCUT2D eigenvalue weighted by Crippen LogP contribution is 2.33. The third-order valence-corrected chi connectivity index (χ3v) is 7.70. The molecule has 1 N–H and O–H groups in total. The summed E-state index contributed by atoms with van der Waals surface area (Å²) < 4.78 is 52.6. The number of benzene rings is 3. The molecule has 3 aromatic rings. The predicted octanol–water partition coefficient (Wildman–Crippen LogP) is 5.27. The summed E-state index contributed by atoms with van der Waals surface area (Å²) in [7, 11) is -1.48. The number of methoxy groups -OCH3 is 2. The molecule has 0 saturated carbocycles. The molecule has 3 rings (SSSR count). The molecule has 0 radical (unpaired) electrons. The van der Waals surface area contributed by atoms with Gasteiger partial charge in [-0.25, -0.2) is 12.8 Å². The maximum absolute atomic E-state index is 13.9. The van der Waals surface area contributed by atoms with Gasteiger partial charge in [-0.1, -0.05) is 48.4 Å². The second-order valence-electron chi connectivity index (χ2n) is 8.07. The first-order valence-electron chi connectivity index (χ1n) is 11.2. The van der Waals surface area contributed by atoms with Crippen LogP contribution in [-0.4, -0.2) is 35.1 Å². The Morgan fingerprint density at radius 1 is 1.03 bits per heavy atom. The number of halogens is 2. The fourth-order valence-corrected chi connectivity index (χ4v) is 5.25. The van der Waals surface area contributed by atoms with Crippen molar-refractivity contribution >= 4 is 33.2 Å². The number of carbonyl (C=O) groups is 1. The van der Waals surface area contributed by atoms with Crippen molar-refractivity contribution in [3.05, 3.63) is 82.6 Å². The Balaban J connectivity index is 1.98. The average molecular weight is 535 g/mol. The molecule has 1 atom stereocenters. The van der Waals surface area contributed by atoms with E-state index in [9.17, 15) is 17.6 Å².